The fraction of sp³-hybridized carbons (Fsp3) is 0.909. The van der Waals surface area contributed by atoms with Crippen molar-refractivity contribution in [1.82, 2.24) is 5.48 Å². The number of carbonyl (C=O) groups is 1. The van der Waals surface area contributed by atoms with Crippen molar-refractivity contribution in [2.75, 3.05) is 7.11 Å². The molecule has 1 N–H and O–H groups in total. The molecule has 0 aromatic carbocycles. The van der Waals surface area contributed by atoms with Crippen LogP contribution >= 0.6 is 47.8 Å². The molecule has 0 heterocycles. The summed E-state index contributed by atoms with van der Waals surface area (Å²) >= 11 is 11.0. The van der Waals surface area contributed by atoms with E-state index in [-0.39, 0.29) is 30.7 Å². The lowest BCUT2D eigenvalue weighted by atomic mass is 9.43. The molecule has 2 bridgehead atoms. The van der Waals surface area contributed by atoms with Gasteiger partial charge in [0.15, 0.2) is 0 Å². The molecule has 3 nitrogen and oxygen atoms in total. The molecule has 3 fully saturated rings. The minimum Gasteiger partial charge on any atom is -0.277 e. The van der Waals surface area contributed by atoms with E-state index in [9.17, 15) is 4.79 Å². The summed E-state index contributed by atoms with van der Waals surface area (Å²) in [5, 5.41) is 0. The van der Waals surface area contributed by atoms with Gasteiger partial charge in [-0.3, -0.25) is 9.63 Å². The number of rotatable bonds is 3. The number of hydrogen-bond donors (Lipinski definition) is 1. The lowest BCUT2D eigenvalue weighted by molar-refractivity contribution is -0.171. The maximum atomic E-state index is 12.3. The highest BCUT2D eigenvalue weighted by Gasteiger charge is 2.83. The Kier molecular flexibility index (Phi) is 3.51. The highest BCUT2D eigenvalue weighted by molar-refractivity contribution is 9.24. The van der Waals surface area contributed by atoms with Crippen LogP contribution in [0.1, 0.15) is 26.7 Å². The molecule has 3 atom stereocenters. The molecule has 0 aliphatic heterocycles. The summed E-state index contributed by atoms with van der Waals surface area (Å²) < 4.78 is 0.202. The monoisotopic (exact) mass is 431 g/mol. The van der Waals surface area contributed by atoms with Gasteiger partial charge in [-0.1, -0.05) is 61.6 Å². The van der Waals surface area contributed by atoms with Gasteiger partial charge < -0.3 is 0 Å². The average Bonchev–Trinajstić information content (AvgIpc) is 2.68. The molecule has 0 aromatic heterocycles. The predicted octanol–water partition coefficient (Wildman–Crippen LogP) is 3.35. The smallest absolute Gasteiger partial charge is 0.251 e. The molecule has 1 amide bonds. The molecule has 0 saturated heterocycles. The van der Waals surface area contributed by atoms with E-state index in [2.05, 4.69) is 67.1 Å². The molecule has 6 heteroatoms. The van der Waals surface area contributed by atoms with Gasteiger partial charge in [-0.2, -0.15) is 0 Å². The minimum atomic E-state index is -0.372. The van der Waals surface area contributed by atoms with Gasteiger partial charge in [0.1, 0.15) is 0 Å². The van der Waals surface area contributed by atoms with Gasteiger partial charge in [0.05, 0.1) is 16.3 Å². The van der Waals surface area contributed by atoms with E-state index in [4.69, 9.17) is 4.84 Å². The van der Waals surface area contributed by atoms with E-state index in [0.29, 0.717) is 0 Å². The van der Waals surface area contributed by atoms with E-state index in [1.165, 1.54) is 7.11 Å². The van der Waals surface area contributed by atoms with E-state index < -0.39 is 0 Å². The second-order valence-corrected chi connectivity index (χ2v) is 9.41. The van der Waals surface area contributed by atoms with E-state index in [0.717, 1.165) is 12.8 Å². The third kappa shape index (κ3) is 1.33. The zero-order valence-corrected chi connectivity index (χ0v) is 14.8. The number of hydroxylamine groups is 1. The van der Waals surface area contributed by atoms with Crippen LogP contribution in [0.25, 0.3) is 0 Å². The zero-order chi connectivity index (χ0) is 13.1. The lowest BCUT2D eigenvalue weighted by Gasteiger charge is -2.65. The molecule has 3 rings (SSSR count). The van der Waals surface area contributed by atoms with Crippen molar-refractivity contribution in [1.29, 1.82) is 0 Å². The molecule has 98 valence electrons. The third-order valence-electron chi connectivity index (χ3n) is 5.09. The summed E-state index contributed by atoms with van der Waals surface area (Å²) in [6, 6.07) is 0. The van der Waals surface area contributed by atoms with Crippen molar-refractivity contribution >= 4 is 53.7 Å². The summed E-state index contributed by atoms with van der Waals surface area (Å²) in [5.74, 6) is -0.0133. The SMILES string of the molecule is CONC(=O)C12CCC(C(Br)Br)(C1Br)C2(C)C. The Morgan fingerprint density at radius 1 is 1.41 bits per heavy atom. The molecule has 0 radical (unpaired) electrons. The average molecular weight is 434 g/mol. The highest BCUT2D eigenvalue weighted by Crippen LogP contribution is 2.82. The van der Waals surface area contributed by atoms with Crippen LogP contribution in [0.5, 0.6) is 0 Å². The second-order valence-electron chi connectivity index (χ2n) is 5.44. The molecular formula is C11H16Br3NO2. The number of fused-ring (bicyclic) bond motifs is 1. The van der Waals surface area contributed by atoms with Gasteiger partial charge >= 0.3 is 0 Å². The first kappa shape index (κ1) is 14.3. The number of alkyl halides is 3. The fourth-order valence-corrected chi connectivity index (χ4v) is 8.80. The van der Waals surface area contributed by atoms with Gasteiger partial charge in [-0.25, -0.2) is 5.48 Å². The number of amides is 1. The molecule has 17 heavy (non-hydrogen) atoms. The van der Waals surface area contributed by atoms with Crippen LogP contribution in [0.2, 0.25) is 0 Å². The summed E-state index contributed by atoms with van der Waals surface area (Å²) in [5.41, 5.74) is 2.13. The topological polar surface area (TPSA) is 38.3 Å². The predicted molar refractivity (Wildman–Crippen MR) is 77.4 cm³/mol. The van der Waals surface area contributed by atoms with Crippen LogP contribution in [0.3, 0.4) is 0 Å². The van der Waals surface area contributed by atoms with Crippen molar-refractivity contribution in [2.45, 2.75) is 35.3 Å². The van der Waals surface area contributed by atoms with Gasteiger partial charge in [0.25, 0.3) is 5.91 Å². The molecule has 3 unspecified atom stereocenters. The van der Waals surface area contributed by atoms with Crippen molar-refractivity contribution in [3.05, 3.63) is 0 Å². The lowest BCUT2D eigenvalue weighted by Crippen LogP contribution is -2.72. The maximum Gasteiger partial charge on any atom is 0.251 e. The number of nitrogens with one attached hydrogen (secondary N) is 1. The van der Waals surface area contributed by atoms with Crippen molar-refractivity contribution in [2.24, 2.45) is 16.2 Å². The molecule has 0 spiro atoms. The molecule has 3 aliphatic rings. The largest absolute Gasteiger partial charge is 0.277 e. The Bertz CT molecular complexity index is 361. The summed E-state index contributed by atoms with van der Waals surface area (Å²) in [6.45, 7) is 4.34. The molecule has 3 aliphatic carbocycles. The van der Waals surface area contributed by atoms with Crippen molar-refractivity contribution in [3.63, 3.8) is 0 Å². The van der Waals surface area contributed by atoms with Gasteiger partial charge in [-0.15, -0.1) is 0 Å². The summed E-state index contributed by atoms with van der Waals surface area (Å²) in [7, 11) is 1.48. The van der Waals surface area contributed by atoms with Crippen molar-refractivity contribution < 1.29 is 9.63 Å². The Labute approximate surface area is 127 Å². The van der Waals surface area contributed by atoms with Crippen LogP contribution in [-0.2, 0) is 9.63 Å². The van der Waals surface area contributed by atoms with Crippen LogP contribution < -0.4 is 5.48 Å². The molecule has 3 saturated carbocycles. The first-order valence-corrected chi connectivity index (χ1v) is 8.29. The number of carbonyl (C=O) groups excluding carboxylic acids is 1. The standard InChI is InChI=1S/C11H16Br3NO2/c1-9(2)10(7(13)14)4-5-11(9,6(10)12)8(16)15-17-3/h6-7H,4-5H2,1-3H3,(H,15,16). The van der Waals surface area contributed by atoms with Crippen LogP contribution in [-0.4, -0.2) is 21.6 Å². The normalized spacial score (nSPS) is 42.4. The van der Waals surface area contributed by atoms with Gasteiger partial charge in [0.2, 0.25) is 0 Å². The van der Waals surface area contributed by atoms with Crippen molar-refractivity contribution in [3.8, 4) is 0 Å². The third-order valence-corrected chi connectivity index (χ3v) is 8.32. The number of hydrogen-bond acceptors (Lipinski definition) is 2. The Morgan fingerprint density at radius 2 is 2.00 bits per heavy atom. The minimum absolute atomic E-state index is 0.0133. The maximum absolute atomic E-state index is 12.3. The summed E-state index contributed by atoms with van der Waals surface area (Å²) in [6.07, 6.45) is 1.91. The number of halogens is 3. The quantitative estimate of drug-likeness (QED) is 0.547. The molecule has 0 aromatic rings. The Balaban J connectivity index is 2.39. The zero-order valence-electron chi connectivity index (χ0n) is 10.0. The van der Waals surface area contributed by atoms with Crippen LogP contribution in [0, 0.1) is 16.2 Å². The van der Waals surface area contributed by atoms with Gasteiger partial charge in [0, 0.05) is 10.2 Å². The first-order chi connectivity index (χ1) is 7.79. The fourth-order valence-electron chi connectivity index (χ4n) is 3.88. The van der Waals surface area contributed by atoms with Gasteiger partial charge in [-0.05, 0) is 18.3 Å². The van der Waals surface area contributed by atoms with E-state index >= 15 is 0 Å². The second kappa shape index (κ2) is 4.18. The van der Waals surface area contributed by atoms with E-state index in [1.54, 1.807) is 0 Å². The Hall–Kier alpha value is 0.870. The molecular weight excluding hydrogens is 418 g/mol. The highest BCUT2D eigenvalue weighted by atomic mass is 79.9. The summed E-state index contributed by atoms with van der Waals surface area (Å²) in [4.78, 5) is 17.3. The Morgan fingerprint density at radius 3 is 2.35 bits per heavy atom. The van der Waals surface area contributed by atoms with Crippen LogP contribution in [0.4, 0.5) is 0 Å². The first-order valence-electron chi connectivity index (χ1n) is 5.54. The van der Waals surface area contributed by atoms with Crippen LogP contribution in [0.15, 0.2) is 0 Å². The van der Waals surface area contributed by atoms with E-state index in [1.807, 2.05) is 0 Å².